The summed E-state index contributed by atoms with van der Waals surface area (Å²) in [5.74, 6) is -0.976. The van der Waals surface area contributed by atoms with Crippen molar-refractivity contribution in [2.75, 3.05) is 38.7 Å². The van der Waals surface area contributed by atoms with Gasteiger partial charge in [-0.2, -0.15) is 4.31 Å². The van der Waals surface area contributed by atoms with Crippen LogP contribution in [0.5, 0.6) is 5.75 Å². The number of carbonyl (C=O) groups is 1. The molecule has 0 atom stereocenters. The van der Waals surface area contributed by atoms with Gasteiger partial charge in [-0.25, -0.2) is 12.8 Å². The van der Waals surface area contributed by atoms with Crippen molar-refractivity contribution in [3.05, 3.63) is 60.1 Å². The molecule has 2 aromatic carbocycles. The Morgan fingerprint density at radius 1 is 1.16 bits per heavy atom. The topological polar surface area (TPSA) is 111 Å². The normalized spacial score (nSPS) is 14.8. The number of sulfonamides is 1. The molecular weight excluding hydrogens is 441 g/mol. The minimum absolute atomic E-state index is 0.00789. The standard InChI is InChI=1S/C21H20FN3O6S/c1-29-19-6-5-16(32(27,28)25-7-9-30-10-8-25)12-18(19)23-21(26)20-13-17(24-31-20)14-3-2-4-15(22)11-14/h2-6,11-13H,7-10H2,1H3,(H,23,26). The van der Waals surface area contributed by atoms with Crippen LogP contribution in [0.1, 0.15) is 10.6 Å². The lowest BCUT2D eigenvalue weighted by Gasteiger charge is -2.26. The number of nitrogens with zero attached hydrogens (tertiary/aromatic N) is 2. The molecule has 0 radical (unpaired) electrons. The maximum atomic E-state index is 13.4. The number of anilines is 1. The average molecular weight is 461 g/mol. The highest BCUT2D eigenvalue weighted by molar-refractivity contribution is 7.89. The van der Waals surface area contributed by atoms with Crippen LogP contribution in [0.15, 0.2) is 57.9 Å². The second-order valence-corrected chi connectivity index (χ2v) is 8.86. The molecule has 1 aromatic heterocycles. The van der Waals surface area contributed by atoms with Crippen LogP contribution in [0.25, 0.3) is 11.3 Å². The zero-order chi connectivity index (χ0) is 22.7. The molecule has 0 spiro atoms. The average Bonchev–Trinajstić information content (AvgIpc) is 3.30. The van der Waals surface area contributed by atoms with E-state index < -0.39 is 21.7 Å². The van der Waals surface area contributed by atoms with Crippen molar-refractivity contribution < 1.29 is 31.6 Å². The first kappa shape index (κ1) is 21.9. The molecule has 4 rings (SSSR count). The Morgan fingerprint density at radius 2 is 1.94 bits per heavy atom. The summed E-state index contributed by atoms with van der Waals surface area (Å²) in [5.41, 5.74) is 0.879. The van der Waals surface area contributed by atoms with Crippen LogP contribution in [-0.2, 0) is 14.8 Å². The van der Waals surface area contributed by atoms with Crippen LogP contribution in [0.3, 0.4) is 0 Å². The first-order chi connectivity index (χ1) is 15.4. The quantitative estimate of drug-likeness (QED) is 0.601. The van der Waals surface area contributed by atoms with E-state index in [0.717, 1.165) is 0 Å². The van der Waals surface area contributed by atoms with E-state index in [0.29, 0.717) is 18.8 Å². The first-order valence-electron chi connectivity index (χ1n) is 9.68. The number of aromatic nitrogens is 1. The third-order valence-corrected chi connectivity index (χ3v) is 6.78. The van der Waals surface area contributed by atoms with Gasteiger partial charge in [-0.1, -0.05) is 17.3 Å². The number of nitrogens with one attached hydrogen (secondary N) is 1. The molecule has 0 aliphatic carbocycles. The molecule has 2 heterocycles. The molecule has 3 aromatic rings. The van der Waals surface area contributed by atoms with Gasteiger partial charge >= 0.3 is 0 Å². The highest BCUT2D eigenvalue weighted by Gasteiger charge is 2.27. The Bertz CT molecular complexity index is 1240. The minimum atomic E-state index is -3.77. The Labute approximate surface area is 183 Å². The maximum Gasteiger partial charge on any atom is 0.294 e. The third kappa shape index (κ3) is 4.49. The lowest BCUT2D eigenvalue weighted by molar-refractivity contribution is 0.0730. The molecule has 11 heteroatoms. The van der Waals surface area contributed by atoms with Gasteiger partial charge in [0.15, 0.2) is 0 Å². The molecular formula is C21H20FN3O6S. The summed E-state index contributed by atoms with van der Waals surface area (Å²) in [7, 11) is -2.37. The molecule has 1 saturated heterocycles. The van der Waals surface area contributed by atoms with E-state index in [4.69, 9.17) is 14.0 Å². The number of hydrogen-bond donors (Lipinski definition) is 1. The molecule has 1 amide bonds. The summed E-state index contributed by atoms with van der Waals surface area (Å²) in [6, 6.07) is 11.3. The van der Waals surface area contributed by atoms with Gasteiger partial charge in [0.2, 0.25) is 15.8 Å². The van der Waals surface area contributed by atoms with E-state index >= 15 is 0 Å². The van der Waals surface area contributed by atoms with Gasteiger partial charge in [-0.05, 0) is 30.3 Å². The van der Waals surface area contributed by atoms with Gasteiger partial charge in [0, 0.05) is 24.7 Å². The number of methoxy groups -OCH3 is 1. The Kier molecular flexibility index (Phi) is 6.21. The molecule has 1 aliphatic rings. The number of halogens is 1. The summed E-state index contributed by atoms with van der Waals surface area (Å²) in [4.78, 5) is 12.7. The second kappa shape index (κ2) is 9.07. The highest BCUT2D eigenvalue weighted by atomic mass is 32.2. The molecule has 1 aliphatic heterocycles. The molecule has 168 valence electrons. The van der Waals surface area contributed by atoms with Gasteiger partial charge in [0.05, 0.1) is 30.9 Å². The summed E-state index contributed by atoms with van der Waals surface area (Å²) < 4.78 is 56.2. The monoisotopic (exact) mass is 461 g/mol. The van der Waals surface area contributed by atoms with Crippen molar-refractivity contribution >= 4 is 21.6 Å². The van der Waals surface area contributed by atoms with Crippen LogP contribution in [0, 0.1) is 5.82 Å². The fourth-order valence-electron chi connectivity index (χ4n) is 3.23. The lowest BCUT2D eigenvalue weighted by Crippen LogP contribution is -2.40. The van der Waals surface area contributed by atoms with E-state index in [9.17, 15) is 17.6 Å². The Hall–Kier alpha value is -3.28. The van der Waals surface area contributed by atoms with Gasteiger partial charge in [-0.15, -0.1) is 0 Å². The van der Waals surface area contributed by atoms with Crippen molar-refractivity contribution in [2.24, 2.45) is 0 Å². The zero-order valence-corrected chi connectivity index (χ0v) is 17.9. The molecule has 1 N–H and O–H groups in total. The largest absolute Gasteiger partial charge is 0.495 e. The summed E-state index contributed by atoms with van der Waals surface area (Å²) in [6.07, 6.45) is 0. The van der Waals surface area contributed by atoms with Gasteiger partial charge in [0.25, 0.3) is 5.91 Å². The number of amides is 1. The van der Waals surface area contributed by atoms with Crippen LogP contribution in [0.2, 0.25) is 0 Å². The second-order valence-electron chi connectivity index (χ2n) is 6.92. The van der Waals surface area contributed by atoms with Crippen LogP contribution >= 0.6 is 0 Å². The molecule has 1 fully saturated rings. The smallest absolute Gasteiger partial charge is 0.294 e. The zero-order valence-electron chi connectivity index (χ0n) is 17.1. The van der Waals surface area contributed by atoms with Crippen LogP contribution in [-0.4, -0.2) is 57.2 Å². The van der Waals surface area contributed by atoms with E-state index in [-0.39, 0.29) is 40.9 Å². The van der Waals surface area contributed by atoms with Crippen LogP contribution < -0.4 is 10.1 Å². The van der Waals surface area contributed by atoms with Gasteiger partial charge < -0.3 is 19.3 Å². The van der Waals surface area contributed by atoms with Crippen LogP contribution in [0.4, 0.5) is 10.1 Å². The fourth-order valence-corrected chi connectivity index (χ4v) is 4.67. The molecule has 0 bridgehead atoms. The molecule has 32 heavy (non-hydrogen) atoms. The number of morpholine rings is 1. The Morgan fingerprint density at radius 3 is 2.66 bits per heavy atom. The van der Waals surface area contributed by atoms with E-state index in [1.807, 2.05) is 0 Å². The van der Waals surface area contributed by atoms with E-state index in [2.05, 4.69) is 10.5 Å². The number of benzene rings is 2. The minimum Gasteiger partial charge on any atom is -0.495 e. The summed E-state index contributed by atoms with van der Waals surface area (Å²) in [5, 5.41) is 6.39. The third-order valence-electron chi connectivity index (χ3n) is 4.88. The number of rotatable bonds is 6. The van der Waals surface area contributed by atoms with Gasteiger partial charge in [-0.3, -0.25) is 4.79 Å². The summed E-state index contributed by atoms with van der Waals surface area (Å²) in [6.45, 7) is 1.13. The van der Waals surface area contributed by atoms with E-state index in [1.165, 1.54) is 53.9 Å². The fraction of sp³-hybridized carbons (Fsp3) is 0.238. The maximum absolute atomic E-state index is 13.4. The number of ether oxygens (including phenoxy) is 2. The lowest BCUT2D eigenvalue weighted by atomic mass is 10.1. The number of carbonyl (C=O) groups excluding carboxylic acids is 1. The molecule has 0 saturated carbocycles. The van der Waals surface area contributed by atoms with Crippen molar-refractivity contribution in [3.63, 3.8) is 0 Å². The summed E-state index contributed by atoms with van der Waals surface area (Å²) >= 11 is 0. The predicted octanol–water partition coefficient (Wildman–Crippen LogP) is 2.76. The Balaban J connectivity index is 1.58. The molecule has 0 unspecified atom stereocenters. The highest BCUT2D eigenvalue weighted by Crippen LogP contribution is 2.30. The van der Waals surface area contributed by atoms with Crippen molar-refractivity contribution in [1.29, 1.82) is 0 Å². The van der Waals surface area contributed by atoms with Crippen molar-refractivity contribution in [1.82, 2.24) is 9.46 Å². The van der Waals surface area contributed by atoms with Crippen molar-refractivity contribution in [3.8, 4) is 17.0 Å². The van der Waals surface area contributed by atoms with E-state index in [1.54, 1.807) is 6.07 Å². The first-order valence-corrected chi connectivity index (χ1v) is 11.1. The SMILES string of the molecule is COc1ccc(S(=O)(=O)N2CCOCC2)cc1NC(=O)c1cc(-c2cccc(F)c2)no1. The number of hydrogen-bond acceptors (Lipinski definition) is 7. The predicted molar refractivity (Wildman–Crippen MR) is 112 cm³/mol. The van der Waals surface area contributed by atoms with Crippen molar-refractivity contribution in [2.45, 2.75) is 4.90 Å². The van der Waals surface area contributed by atoms with Gasteiger partial charge in [0.1, 0.15) is 17.3 Å². The molecule has 9 nitrogen and oxygen atoms in total.